The third kappa shape index (κ3) is 3.96. The molecule has 0 atom stereocenters. The molecule has 122 valence electrons. The second kappa shape index (κ2) is 7.77. The maximum Gasteiger partial charge on any atom is 0.305 e. The summed E-state index contributed by atoms with van der Waals surface area (Å²) in [6.07, 6.45) is 1.42. The number of aromatic nitrogens is 1. The summed E-state index contributed by atoms with van der Waals surface area (Å²) in [6, 6.07) is 0. The van der Waals surface area contributed by atoms with Gasteiger partial charge in [-0.3, -0.25) is 14.4 Å². The topological polar surface area (TPSA) is 79.5 Å². The highest BCUT2D eigenvalue weighted by atomic mass is 16.5. The average molecular weight is 308 g/mol. The van der Waals surface area contributed by atoms with Crippen molar-refractivity contribution < 1.29 is 19.1 Å². The Balaban J connectivity index is 2.87. The number of H-pyrrole nitrogens is 1. The summed E-state index contributed by atoms with van der Waals surface area (Å²) in [5.74, 6) is -0.500. The summed E-state index contributed by atoms with van der Waals surface area (Å²) in [7, 11) is 3.03. The number of rotatable bonds is 7. The zero-order chi connectivity index (χ0) is 16.9. The Bertz CT molecular complexity index is 575. The van der Waals surface area contributed by atoms with Crippen LogP contribution in [0.1, 0.15) is 58.8 Å². The molecule has 1 N–H and O–H groups in total. The molecule has 0 aromatic carbocycles. The zero-order valence-corrected chi connectivity index (χ0v) is 13.9. The second-order valence-electron chi connectivity index (χ2n) is 5.29. The molecule has 1 rings (SSSR count). The van der Waals surface area contributed by atoms with E-state index in [9.17, 15) is 14.4 Å². The molecular formula is C16H24N2O4. The van der Waals surface area contributed by atoms with Crippen LogP contribution in [0.4, 0.5) is 0 Å². The van der Waals surface area contributed by atoms with E-state index in [0.717, 1.165) is 11.3 Å². The standard InChI is InChI=1S/C16H24N2O4/c1-6-12-14(11(3)19)10(2)17-15(12)16(21)18(4)9-7-8-13(20)22-5/h17H,6-9H2,1-5H3. The van der Waals surface area contributed by atoms with Gasteiger partial charge in [0.25, 0.3) is 5.91 Å². The maximum absolute atomic E-state index is 12.5. The number of ether oxygens (including phenoxy) is 1. The van der Waals surface area contributed by atoms with Crippen molar-refractivity contribution in [2.45, 2.75) is 40.0 Å². The van der Waals surface area contributed by atoms with E-state index in [0.29, 0.717) is 30.6 Å². The molecule has 1 aromatic rings. The van der Waals surface area contributed by atoms with Crippen molar-refractivity contribution in [3.63, 3.8) is 0 Å². The molecule has 6 nitrogen and oxygen atoms in total. The summed E-state index contributed by atoms with van der Waals surface area (Å²) < 4.78 is 4.57. The molecule has 0 aliphatic heterocycles. The quantitative estimate of drug-likeness (QED) is 0.618. The van der Waals surface area contributed by atoms with Crippen LogP contribution in [0.2, 0.25) is 0 Å². The van der Waals surface area contributed by atoms with Gasteiger partial charge in [-0.25, -0.2) is 0 Å². The van der Waals surface area contributed by atoms with Gasteiger partial charge in [-0.1, -0.05) is 6.92 Å². The van der Waals surface area contributed by atoms with E-state index >= 15 is 0 Å². The van der Waals surface area contributed by atoms with Gasteiger partial charge in [0, 0.05) is 31.3 Å². The first-order valence-electron chi connectivity index (χ1n) is 7.38. The molecule has 0 saturated carbocycles. The van der Waals surface area contributed by atoms with Gasteiger partial charge in [0.1, 0.15) is 5.69 Å². The lowest BCUT2D eigenvalue weighted by Gasteiger charge is -2.17. The van der Waals surface area contributed by atoms with E-state index in [-0.39, 0.29) is 24.1 Å². The third-order valence-electron chi connectivity index (χ3n) is 3.66. The maximum atomic E-state index is 12.5. The smallest absolute Gasteiger partial charge is 0.305 e. The Kier molecular flexibility index (Phi) is 6.34. The van der Waals surface area contributed by atoms with E-state index in [2.05, 4.69) is 9.72 Å². The Hall–Kier alpha value is -2.11. The first-order valence-corrected chi connectivity index (χ1v) is 7.38. The van der Waals surface area contributed by atoms with Gasteiger partial charge in [0.2, 0.25) is 0 Å². The minimum atomic E-state index is -0.287. The molecule has 6 heteroatoms. The number of hydrogen-bond acceptors (Lipinski definition) is 4. The van der Waals surface area contributed by atoms with Gasteiger partial charge in [-0.05, 0) is 32.3 Å². The Morgan fingerprint density at radius 2 is 1.91 bits per heavy atom. The van der Waals surface area contributed by atoms with Crippen molar-refractivity contribution in [1.29, 1.82) is 0 Å². The van der Waals surface area contributed by atoms with Gasteiger partial charge < -0.3 is 14.6 Å². The van der Waals surface area contributed by atoms with Crippen molar-refractivity contribution in [2.24, 2.45) is 0 Å². The molecule has 0 aliphatic carbocycles. The molecule has 0 bridgehead atoms. The summed E-state index contributed by atoms with van der Waals surface area (Å²) in [6.45, 7) is 5.67. The normalized spacial score (nSPS) is 10.4. The Morgan fingerprint density at radius 3 is 2.41 bits per heavy atom. The van der Waals surface area contributed by atoms with E-state index in [1.54, 1.807) is 18.9 Å². The average Bonchev–Trinajstić information content (AvgIpc) is 2.82. The van der Waals surface area contributed by atoms with Crippen LogP contribution in [-0.2, 0) is 16.0 Å². The summed E-state index contributed by atoms with van der Waals surface area (Å²) in [4.78, 5) is 39.9. The predicted octanol–water partition coefficient (Wildman–Crippen LogP) is 2.11. The van der Waals surface area contributed by atoms with E-state index in [1.807, 2.05) is 6.92 Å². The molecule has 0 saturated heterocycles. The van der Waals surface area contributed by atoms with Gasteiger partial charge in [-0.2, -0.15) is 0 Å². The number of esters is 1. The Morgan fingerprint density at radius 1 is 1.27 bits per heavy atom. The molecule has 1 amide bonds. The van der Waals surface area contributed by atoms with E-state index in [1.165, 1.54) is 14.0 Å². The van der Waals surface area contributed by atoms with Crippen LogP contribution in [0.25, 0.3) is 0 Å². The lowest BCUT2D eigenvalue weighted by Crippen LogP contribution is -2.29. The fraction of sp³-hybridized carbons (Fsp3) is 0.562. The summed E-state index contributed by atoms with van der Waals surface area (Å²) in [5.41, 5.74) is 2.55. The van der Waals surface area contributed by atoms with Crippen molar-refractivity contribution in [1.82, 2.24) is 9.88 Å². The molecule has 0 spiro atoms. The molecular weight excluding hydrogens is 284 g/mol. The highest BCUT2D eigenvalue weighted by Gasteiger charge is 2.23. The lowest BCUT2D eigenvalue weighted by molar-refractivity contribution is -0.140. The van der Waals surface area contributed by atoms with Crippen molar-refractivity contribution in [2.75, 3.05) is 20.7 Å². The first kappa shape index (κ1) is 17.9. The molecule has 0 fully saturated rings. The van der Waals surface area contributed by atoms with Crippen LogP contribution in [-0.4, -0.2) is 48.2 Å². The van der Waals surface area contributed by atoms with Gasteiger partial charge in [-0.15, -0.1) is 0 Å². The van der Waals surface area contributed by atoms with Gasteiger partial charge >= 0.3 is 5.97 Å². The number of hydrogen-bond donors (Lipinski definition) is 1. The first-order chi connectivity index (χ1) is 10.3. The highest BCUT2D eigenvalue weighted by molar-refractivity contribution is 6.02. The number of Topliss-reactive ketones (excluding diaryl/α,β-unsaturated/α-hetero) is 1. The van der Waals surface area contributed by atoms with E-state index < -0.39 is 0 Å². The van der Waals surface area contributed by atoms with E-state index in [4.69, 9.17) is 0 Å². The Labute approximate surface area is 130 Å². The number of aryl methyl sites for hydroxylation is 1. The second-order valence-corrected chi connectivity index (χ2v) is 5.29. The number of carbonyl (C=O) groups excluding carboxylic acids is 3. The minimum Gasteiger partial charge on any atom is -0.469 e. The molecule has 0 unspecified atom stereocenters. The molecule has 0 radical (unpaired) electrons. The number of aromatic amines is 1. The molecule has 0 aliphatic rings. The monoisotopic (exact) mass is 308 g/mol. The van der Waals surface area contributed by atoms with Crippen molar-refractivity contribution in [3.8, 4) is 0 Å². The number of nitrogens with zero attached hydrogens (tertiary/aromatic N) is 1. The number of ketones is 1. The number of methoxy groups -OCH3 is 1. The van der Waals surface area contributed by atoms with Crippen LogP contribution in [0.3, 0.4) is 0 Å². The fourth-order valence-electron chi connectivity index (χ4n) is 2.54. The van der Waals surface area contributed by atoms with Crippen LogP contribution >= 0.6 is 0 Å². The number of nitrogens with one attached hydrogen (secondary N) is 1. The number of amides is 1. The lowest BCUT2D eigenvalue weighted by atomic mass is 10.0. The summed E-state index contributed by atoms with van der Waals surface area (Å²) in [5, 5.41) is 0. The molecule has 22 heavy (non-hydrogen) atoms. The number of carbonyl (C=O) groups is 3. The molecule has 1 aromatic heterocycles. The largest absolute Gasteiger partial charge is 0.469 e. The molecule has 1 heterocycles. The van der Waals surface area contributed by atoms with Gasteiger partial charge in [0.05, 0.1) is 7.11 Å². The summed E-state index contributed by atoms with van der Waals surface area (Å²) >= 11 is 0. The van der Waals surface area contributed by atoms with Gasteiger partial charge in [0.15, 0.2) is 5.78 Å². The zero-order valence-electron chi connectivity index (χ0n) is 13.9. The SMILES string of the molecule is CCc1c(C(=O)N(C)CCCC(=O)OC)[nH]c(C)c1C(C)=O. The van der Waals surface area contributed by atoms with Crippen molar-refractivity contribution in [3.05, 3.63) is 22.5 Å². The fourth-order valence-corrected chi connectivity index (χ4v) is 2.54. The highest BCUT2D eigenvalue weighted by Crippen LogP contribution is 2.21. The van der Waals surface area contributed by atoms with Crippen molar-refractivity contribution >= 4 is 17.7 Å². The predicted molar refractivity (Wildman–Crippen MR) is 83.1 cm³/mol. The van der Waals surface area contributed by atoms with Crippen LogP contribution in [0, 0.1) is 6.92 Å². The van der Waals surface area contributed by atoms with Crippen LogP contribution < -0.4 is 0 Å². The van der Waals surface area contributed by atoms with Crippen LogP contribution in [0.5, 0.6) is 0 Å². The van der Waals surface area contributed by atoms with Crippen LogP contribution in [0.15, 0.2) is 0 Å². The minimum absolute atomic E-state index is 0.0435. The third-order valence-corrected chi connectivity index (χ3v) is 3.66.